The van der Waals surface area contributed by atoms with Gasteiger partial charge in [-0.2, -0.15) is 0 Å². The second-order valence-electron chi connectivity index (χ2n) is 6.13. The normalized spacial score (nSPS) is 19.9. The molecule has 4 rings (SSSR count). The summed E-state index contributed by atoms with van der Waals surface area (Å²) in [6, 6.07) is 10.5. The number of aromatic nitrogens is 3. The molecule has 1 aromatic carbocycles. The van der Waals surface area contributed by atoms with E-state index < -0.39 is 5.76 Å². The van der Waals surface area contributed by atoms with Crippen LogP contribution >= 0.6 is 23.2 Å². The summed E-state index contributed by atoms with van der Waals surface area (Å²) in [4.78, 5) is 18.0. The number of ether oxygens (including phenoxy) is 2. The van der Waals surface area contributed by atoms with E-state index in [1.807, 2.05) is 6.07 Å². The molecular weight excluding hydrogens is 407 g/mol. The van der Waals surface area contributed by atoms with Crippen LogP contribution in [0.1, 0.15) is 11.7 Å². The van der Waals surface area contributed by atoms with Gasteiger partial charge in [-0.3, -0.25) is 9.51 Å². The van der Waals surface area contributed by atoms with Crippen molar-refractivity contribution < 1.29 is 14.0 Å². The maximum atomic E-state index is 11.2. The average molecular weight is 423 g/mol. The predicted octanol–water partition coefficient (Wildman–Crippen LogP) is 2.84. The summed E-state index contributed by atoms with van der Waals surface area (Å²) in [5.74, 6) is -0.0559. The van der Waals surface area contributed by atoms with Crippen molar-refractivity contribution in [2.24, 2.45) is 0 Å². The number of hydrogen-bond acceptors (Lipinski definition) is 7. The zero-order chi connectivity index (χ0) is 19.5. The van der Waals surface area contributed by atoms with Gasteiger partial charge in [0.15, 0.2) is 0 Å². The molecule has 146 valence electrons. The van der Waals surface area contributed by atoms with Gasteiger partial charge in [-0.15, -0.1) is 0 Å². The van der Waals surface area contributed by atoms with Gasteiger partial charge < -0.3 is 14.8 Å². The number of nitrogens with zero attached hydrogens (tertiary/aromatic N) is 2. The Hall–Kier alpha value is -2.39. The molecule has 10 heteroatoms. The van der Waals surface area contributed by atoms with Crippen molar-refractivity contribution in [1.29, 1.82) is 0 Å². The van der Waals surface area contributed by atoms with Crippen LogP contribution in [0.3, 0.4) is 0 Å². The summed E-state index contributed by atoms with van der Waals surface area (Å²) in [6.07, 6.45) is -0.721. The third kappa shape index (κ3) is 4.20. The van der Waals surface area contributed by atoms with Crippen molar-refractivity contribution >= 4 is 23.2 Å². The van der Waals surface area contributed by atoms with Gasteiger partial charge in [0, 0.05) is 19.2 Å². The van der Waals surface area contributed by atoms with Gasteiger partial charge in [0.1, 0.15) is 17.9 Å². The molecule has 2 aromatic heterocycles. The summed E-state index contributed by atoms with van der Waals surface area (Å²) in [6.45, 7) is 1.78. The molecule has 2 atom stereocenters. The second-order valence-corrected chi connectivity index (χ2v) is 6.94. The van der Waals surface area contributed by atoms with Crippen LogP contribution in [0.5, 0.6) is 5.88 Å². The highest BCUT2D eigenvalue weighted by molar-refractivity contribution is 6.42. The van der Waals surface area contributed by atoms with E-state index in [0.29, 0.717) is 41.3 Å². The minimum absolute atomic E-state index is 0.228. The first kappa shape index (κ1) is 18.9. The number of halogens is 2. The molecule has 28 heavy (non-hydrogen) atoms. The first-order chi connectivity index (χ1) is 13.6. The third-order valence-electron chi connectivity index (χ3n) is 4.21. The molecule has 2 N–H and O–H groups in total. The fourth-order valence-corrected chi connectivity index (χ4v) is 3.23. The van der Waals surface area contributed by atoms with E-state index >= 15 is 0 Å². The van der Waals surface area contributed by atoms with Crippen molar-refractivity contribution in [1.82, 2.24) is 20.4 Å². The van der Waals surface area contributed by atoms with Crippen molar-refractivity contribution in [3.8, 4) is 17.4 Å². The standard InChI is InChI=1S/C18H16Cl2N4O4/c19-11-5-4-10(8-12(11)20)16-14(9-21-6-7-26-16)27-15-3-1-2-13(22-15)17-23-18(25)28-24-17/h1-5,8,14,16,21H,6-7,9H2,(H,23,24,25). The van der Waals surface area contributed by atoms with Crippen LogP contribution < -0.4 is 15.8 Å². The number of rotatable bonds is 4. The Bertz CT molecular complexity index is 1020. The van der Waals surface area contributed by atoms with Crippen LogP contribution in [0.4, 0.5) is 0 Å². The lowest BCUT2D eigenvalue weighted by Gasteiger charge is -2.26. The monoisotopic (exact) mass is 422 g/mol. The minimum Gasteiger partial charge on any atom is -0.470 e. The number of nitrogens with one attached hydrogen (secondary N) is 2. The molecule has 8 nitrogen and oxygen atoms in total. The fraction of sp³-hybridized carbons (Fsp3) is 0.278. The molecule has 1 saturated heterocycles. The van der Waals surface area contributed by atoms with Crippen LogP contribution in [0.15, 0.2) is 45.7 Å². The van der Waals surface area contributed by atoms with Gasteiger partial charge >= 0.3 is 5.76 Å². The fourth-order valence-electron chi connectivity index (χ4n) is 2.93. The summed E-state index contributed by atoms with van der Waals surface area (Å²) in [5, 5.41) is 7.86. The largest absolute Gasteiger partial charge is 0.470 e. The van der Waals surface area contributed by atoms with Crippen molar-refractivity contribution in [2.75, 3.05) is 19.7 Å². The summed E-state index contributed by atoms with van der Waals surface area (Å²) >= 11 is 12.2. The van der Waals surface area contributed by atoms with Crippen molar-refractivity contribution in [2.45, 2.75) is 12.2 Å². The topological polar surface area (TPSA) is 102 Å². The Labute approximate surface area is 169 Å². The molecule has 3 aromatic rings. The van der Waals surface area contributed by atoms with Gasteiger partial charge in [-0.05, 0) is 23.8 Å². The number of aromatic amines is 1. The SMILES string of the molecule is O=c1[nH]c(-c2cccc(OC3CNCCOC3c3ccc(Cl)c(Cl)c3)n2)no1. The average Bonchev–Trinajstić information content (AvgIpc) is 3.00. The van der Waals surface area contributed by atoms with E-state index in [4.69, 9.17) is 32.7 Å². The zero-order valence-electron chi connectivity index (χ0n) is 14.5. The second kappa shape index (κ2) is 8.32. The minimum atomic E-state index is -0.649. The van der Waals surface area contributed by atoms with Crippen molar-refractivity contribution in [3.63, 3.8) is 0 Å². The van der Waals surface area contributed by atoms with Crippen LogP contribution in [0, 0.1) is 0 Å². The summed E-state index contributed by atoms with van der Waals surface area (Å²) in [5.41, 5.74) is 1.29. The molecule has 3 heterocycles. The summed E-state index contributed by atoms with van der Waals surface area (Å²) in [7, 11) is 0. The maximum Gasteiger partial charge on any atom is 0.439 e. The molecule has 1 fully saturated rings. The Morgan fingerprint density at radius 1 is 1.18 bits per heavy atom. The van der Waals surface area contributed by atoms with E-state index in [-0.39, 0.29) is 18.0 Å². The maximum absolute atomic E-state index is 11.2. The Morgan fingerprint density at radius 3 is 2.86 bits per heavy atom. The molecule has 0 radical (unpaired) electrons. The highest BCUT2D eigenvalue weighted by Gasteiger charge is 2.29. The van der Waals surface area contributed by atoms with Crippen molar-refractivity contribution in [3.05, 3.63) is 62.6 Å². The van der Waals surface area contributed by atoms with E-state index in [9.17, 15) is 4.79 Å². The lowest BCUT2D eigenvalue weighted by Crippen LogP contribution is -2.34. The van der Waals surface area contributed by atoms with Crippen LogP contribution in [-0.4, -0.2) is 40.9 Å². The van der Waals surface area contributed by atoms with Gasteiger partial charge in [-0.1, -0.05) is 40.5 Å². The van der Waals surface area contributed by atoms with Crippen LogP contribution in [0.25, 0.3) is 11.5 Å². The van der Waals surface area contributed by atoms with Crippen LogP contribution in [0.2, 0.25) is 10.0 Å². The third-order valence-corrected chi connectivity index (χ3v) is 4.95. The number of hydrogen-bond donors (Lipinski definition) is 2. The van der Waals surface area contributed by atoms with E-state index in [1.54, 1.807) is 30.3 Å². The van der Waals surface area contributed by atoms with Gasteiger partial charge in [0.25, 0.3) is 0 Å². The van der Waals surface area contributed by atoms with Crippen LogP contribution in [-0.2, 0) is 4.74 Å². The highest BCUT2D eigenvalue weighted by atomic mass is 35.5. The highest BCUT2D eigenvalue weighted by Crippen LogP contribution is 2.31. The summed E-state index contributed by atoms with van der Waals surface area (Å²) < 4.78 is 16.6. The van der Waals surface area contributed by atoms with Gasteiger partial charge in [-0.25, -0.2) is 9.78 Å². The molecule has 2 unspecified atom stereocenters. The quantitative estimate of drug-likeness (QED) is 0.665. The Kier molecular flexibility index (Phi) is 5.63. The first-order valence-electron chi connectivity index (χ1n) is 8.57. The molecule has 1 aliphatic heterocycles. The van der Waals surface area contributed by atoms with E-state index in [1.165, 1.54) is 0 Å². The first-order valence-corrected chi connectivity index (χ1v) is 9.33. The lowest BCUT2D eigenvalue weighted by molar-refractivity contribution is -0.00998. The number of benzene rings is 1. The lowest BCUT2D eigenvalue weighted by atomic mass is 10.0. The smallest absolute Gasteiger partial charge is 0.439 e. The Balaban J connectivity index is 1.60. The molecule has 0 aliphatic carbocycles. The number of H-pyrrole nitrogens is 1. The molecule has 0 bridgehead atoms. The molecule has 0 spiro atoms. The number of pyridine rings is 1. The zero-order valence-corrected chi connectivity index (χ0v) is 16.0. The predicted molar refractivity (Wildman–Crippen MR) is 103 cm³/mol. The van der Waals surface area contributed by atoms with Gasteiger partial charge in [0.05, 0.1) is 16.7 Å². The van der Waals surface area contributed by atoms with E-state index in [2.05, 4.69) is 25.0 Å². The molecule has 0 saturated carbocycles. The van der Waals surface area contributed by atoms with E-state index in [0.717, 1.165) is 5.56 Å². The molecule has 1 aliphatic rings. The molecular formula is C18H16Cl2N4O4. The Morgan fingerprint density at radius 2 is 2.07 bits per heavy atom. The molecule has 0 amide bonds. The van der Waals surface area contributed by atoms with Gasteiger partial charge in [0.2, 0.25) is 11.7 Å².